The summed E-state index contributed by atoms with van der Waals surface area (Å²) < 4.78 is 37.1. The lowest BCUT2D eigenvalue weighted by Crippen LogP contribution is -2.41. The van der Waals surface area contributed by atoms with Crippen LogP contribution in [0.5, 0.6) is 5.75 Å². The van der Waals surface area contributed by atoms with Gasteiger partial charge >= 0.3 is 5.97 Å². The van der Waals surface area contributed by atoms with Crippen LogP contribution in [0.15, 0.2) is 28.7 Å². The number of benzene rings is 1. The second-order valence-corrected chi connectivity index (χ2v) is 7.77. The van der Waals surface area contributed by atoms with Crippen molar-refractivity contribution in [3.63, 3.8) is 0 Å². The topological polar surface area (TPSA) is 81.7 Å². The first-order chi connectivity index (χ1) is 10.8. The molecule has 1 N–H and O–H groups in total. The van der Waals surface area contributed by atoms with Gasteiger partial charge in [-0.15, -0.1) is 0 Å². The Labute approximate surface area is 145 Å². The van der Waals surface area contributed by atoms with Crippen molar-refractivity contribution in [1.82, 2.24) is 4.72 Å². The van der Waals surface area contributed by atoms with Gasteiger partial charge in [-0.3, -0.25) is 4.79 Å². The molecule has 0 heterocycles. The Morgan fingerprint density at radius 2 is 1.91 bits per heavy atom. The zero-order valence-corrected chi connectivity index (χ0v) is 15.7. The van der Waals surface area contributed by atoms with Gasteiger partial charge in [0.05, 0.1) is 5.75 Å². The van der Waals surface area contributed by atoms with Crippen LogP contribution >= 0.6 is 15.9 Å². The molecule has 0 radical (unpaired) electrons. The van der Waals surface area contributed by atoms with Crippen molar-refractivity contribution in [2.45, 2.75) is 32.7 Å². The second kappa shape index (κ2) is 9.89. The first-order valence-corrected chi connectivity index (χ1v) is 9.83. The molecule has 1 rings (SSSR count). The van der Waals surface area contributed by atoms with Crippen LogP contribution in [0.1, 0.15) is 26.7 Å². The number of ether oxygens (including phenoxy) is 2. The van der Waals surface area contributed by atoms with Crippen molar-refractivity contribution in [2.75, 3.05) is 19.0 Å². The molecular weight excluding hydrogens is 386 g/mol. The molecule has 0 fully saturated rings. The van der Waals surface area contributed by atoms with Crippen molar-refractivity contribution in [3.05, 3.63) is 28.7 Å². The average molecular weight is 408 g/mol. The number of nitrogens with one attached hydrogen (secondary N) is 1. The van der Waals surface area contributed by atoms with Crippen LogP contribution in [-0.4, -0.2) is 39.4 Å². The predicted molar refractivity (Wildman–Crippen MR) is 91.9 cm³/mol. The minimum atomic E-state index is -3.45. The summed E-state index contributed by atoms with van der Waals surface area (Å²) in [6.07, 6.45) is 1.32. The molecular formula is C15H22BrNO5S. The number of hydrogen-bond acceptors (Lipinski definition) is 5. The van der Waals surface area contributed by atoms with E-state index in [1.165, 1.54) is 6.92 Å². The first-order valence-electron chi connectivity index (χ1n) is 7.39. The van der Waals surface area contributed by atoms with E-state index in [1.54, 1.807) is 12.1 Å². The molecule has 0 spiro atoms. The summed E-state index contributed by atoms with van der Waals surface area (Å²) >= 11 is 3.32. The highest BCUT2D eigenvalue weighted by molar-refractivity contribution is 9.10. The maximum atomic E-state index is 11.7. The number of esters is 1. The standard InChI is InChI=1S/C15H22BrNO5S/c1-3-4-11-23(19,20)17-12(2)15(18)22-10-9-21-14-7-5-13(16)6-8-14/h5-8,12,17H,3-4,9-11H2,1-2H3/t12-/m0/s1. The Morgan fingerprint density at radius 3 is 2.52 bits per heavy atom. The van der Waals surface area contributed by atoms with E-state index in [4.69, 9.17) is 9.47 Å². The molecule has 0 aliphatic rings. The minimum absolute atomic E-state index is 0.00774. The molecule has 23 heavy (non-hydrogen) atoms. The minimum Gasteiger partial charge on any atom is -0.490 e. The van der Waals surface area contributed by atoms with Crippen molar-refractivity contribution in [2.24, 2.45) is 0 Å². The van der Waals surface area contributed by atoms with Gasteiger partial charge in [-0.2, -0.15) is 0 Å². The molecule has 8 heteroatoms. The van der Waals surface area contributed by atoms with E-state index in [-0.39, 0.29) is 19.0 Å². The van der Waals surface area contributed by atoms with Crippen LogP contribution in [0.25, 0.3) is 0 Å². The maximum Gasteiger partial charge on any atom is 0.323 e. The van der Waals surface area contributed by atoms with Gasteiger partial charge in [-0.25, -0.2) is 13.1 Å². The Bertz CT molecular complexity index is 588. The summed E-state index contributed by atoms with van der Waals surface area (Å²) in [4.78, 5) is 11.7. The van der Waals surface area contributed by atoms with Gasteiger partial charge in [0, 0.05) is 4.47 Å². The summed E-state index contributed by atoms with van der Waals surface area (Å²) in [5, 5.41) is 0. The Hall–Kier alpha value is -1.12. The molecule has 0 bridgehead atoms. The molecule has 1 atom stereocenters. The highest BCUT2D eigenvalue weighted by atomic mass is 79.9. The van der Waals surface area contributed by atoms with Crippen molar-refractivity contribution in [1.29, 1.82) is 0 Å². The third-order valence-electron chi connectivity index (χ3n) is 2.89. The molecule has 6 nitrogen and oxygen atoms in total. The monoisotopic (exact) mass is 407 g/mol. The lowest BCUT2D eigenvalue weighted by molar-refractivity contribution is -0.145. The summed E-state index contributed by atoms with van der Waals surface area (Å²) in [5.41, 5.74) is 0. The predicted octanol–water partition coefficient (Wildman–Crippen LogP) is 2.48. The Balaban J connectivity index is 2.28. The zero-order chi connectivity index (χ0) is 17.3. The number of halogens is 1. The number of unbranched alkanes of at least 4 members (excludes halogenated alkanes) is 1. The summed E-state index contributed by atoms with van der Waals surface area (Å²) in [6, 6.07) is 6.35. The summed E-state index contributed by atoms with van der Waals surface area (Å²) in [6.45, 7) is 3.61. The lowest BCUT2D eigenvalue weighted by atomic mass is 10.3. The van der Waals surface area contributed by atoms with Gasteiger partial charge in [-0.1, -0.05) is 29.3 Å². The first kappa shape index (κ1) is 19.9. The second-order valence-electron chi connectivity index (χ2n) is 4.98. The Kier molecular flexibility index (Phi) is 8.57. The van der Waals surface area contributed by atoms with Crippen LogP contribution in [0.3, 0.4) is 0 Å². The van der Waals surface area contributed by atoms with Crippen molar-refractivity contribution < 1.29 is 22.7 Å². The number of carbonyl (C=O) groups excluding carboxylic acids is 1. The van der Waals surface area contributed by atoms with Crippen LogP contribution in [-0.2, 0) is 19.6 Å². The molecule has 1 aromatic carbocycles. The zero-order valence-electron chi connectivity index (χ0n) is 13.2. The molecule has 0 saturated carbocycles. The van der Waals surface area contributed by atoms with E-state index in [0.717, 1.165) is 10.9 Å². The van der Waals surface area contributed by atoms with Crippen molar-refractivity contribution >= 4 is 31.9 Å². The normalized spacial score (nSPS) is 12.7. The van der Waals surface area contributed by atoms with Crippen LogP contribution in [0.4, 0.5) is 0 Å². The molecule has 0 aliphatic carbocycles. The fourth-order valence-electron chi connectivity index (χ4n) is 1.67. The van der Waals surface area contributed by atoms with Gasteiger partial charge < -0.3 is 9.47 Å². The number of sulfonamides is 1. The van der Waals surface area contributed by atoms with E-state index < -0.39 is 22.0 Å². The number of carbonyl (C=O) groups is 1. The van der Waals surface area contributed by atoms with Gasteiger partial charge in [-0.05, 0) is 37.6 Å². The SMILES string of the molecule is CCCCS(=O)(=O)N[C@@H](C)C(=O)OCCOc1ccc(Br)cc1. The van der Waals surface area contributed by atoms with Crippen LogP contribution in [0.2, 0.25) is 0 Å². The van der Waals surface area contributed by atoms with Crippen molar-refractivity contribution in [3.8, 4) is 5.75 Å². The maximum absolute atomic E-state index is 11.7. The fourth-order valence-corrected chi connectivity index (χ4v) is 3.35. The van der Waals surface area contributed by atoms with E-state index >= 15 is 0 Å². The van der Waals surface area contributed by atoms with Crippen LogP contribution < -0.4 is 9.46 Å². The van der Waals surface area contributed by atoms with Gasteiger partial charge in [0.25, 0.3) is 0 Å². The average Bonchev–Trinajstić information content (AvgIpc) is 2.50. The van der Waals surface area contributed by atoms with E-state index in [0.29, 0.717) is 12.2 Å². The van der Waals surface area contributed by atoms with E-state index in [2.05, 4.69) is 20.7 Å². The van der Waals surface area contributed by atoms with Crippen LogP contribution in [0, 0.1) is 0 Å². The molecule has 1 aromatic rings. The molecule has 0 unspecified atom stereocenters. The number of hydrogen-bond donors (Lipinski definition) is 1. The largest absolute Gasteiger partial charge is 0.490 e. The molecule has 0 aromatic heterocycles. The third kappa shape index (κ3) is 8.34. The molecule has 0 aliphatic heterocycles. The quantitative estimate of drug-likeness (QED) is 0.475. The van der Waals surface area contributed by atoms with E-state index in [9.17, 15) is 13.2 Å². The molecule has 130 valence electrons. The Morgan fingerprint density at radius 1 is 1.26 bits per heavy atom. The van der Waals surface area contributed by atoms with Gasteiger partial charge in [0.2, 0.25) is 10.0 Å². The summed E-state index contributed by atoms with van der Waals surface area (Å²) in [5.74, 6) is 0.0513. The smallest absolute Gasteiger partial charge is 0.323 e. The molecule has 0 saturated heterocycles. The fraction of sp³-hybridized carbons (Fsp3) is 0.533. The highest BCUT2D eigenvalue weighted by Crippen LogP contribution is 2.15. The van der Waals surface area contributed by atoms with E-state index in [1.807, 2.05) is 19.1 Å². The molecule has 0 amide bonds. The third-order valence-corrected chi connectivity index (χ3v) is 4.95. The van der Waals surface area contributed by atoms with Gasteiger partial charge in [0.1, 0.15) is 25.0 Å². The highest BCUT2D eigenvalue weighted by Gasteiger charge is 2.20. The lowest BCUT2D eigenvalue weighted by Gasteiger charge is -2.14. The summed E-state index contributed by atoms with van der Waals surface area (Å²) in [7, 11) is -3.45. The number of rotatable bonds is 10. The van der Waals surface area contributed by atoms with Gasteiger partial charge in [0.15, 0.2) is 0 Å².